The Morgan fingerprint density at radius 1 is 1.29 bits per heavy atom. The number of nitrogens with zero attached hydrogens (tertiary/aromatic N) is 2. The van der Waals surface area contributed by atoms with E-state index in [1.54, 1.807) is 32.0 Å². The number of halogens is 1. The van der Waals surface area contributed by atoms with Crippen molar-refractivity contribution in [3.05, 3.63) is 40.2 Å². The van der Waals surface area contributed by atoms with Gasteiger partial charge in [-0.05, 0) is 37.6 Å². The topological polar surface area (TPSA) is 65.5 Å². The number of hydrogen-bond acceptors (Lipinski definition) is 3. The van der Waals surface area contributed by atoms with Crippen molar-refractivity contribution in [2.45, 2.75) is 27.4 Å². The van der Waals surface area contributed by atoms with Crippen LogP contribution in [0.4, 0.5) is 10.1 Å². The van der Waals surface area contributed by atoms with E-state index in [0.29, 0.717) is 16.6 Å². The monoisotopic (exact) mass is 289 g/mol. The van der Waals surface area contributed by atoms with E-state index in [-0.39, 0.29) is 17.0 Å². The lowest BCUT2D eigenvalue weighted by molar-refractivity contribution is -0.116. The number of amides is 1. The fourth-order valence-electron chi connectivity index (χ4n) is 2.06. The molecule has 2 aromatic rings. The molecule has 0 bridgehead atoms. The van der Waals surface area contributed by atoms with E-state index in [4.69, 9.17) is 0 Å². The number of hydrogen-bond donors (Lipinski definition) is 1. The Hall–Kier alpha value is -2.50. The third-order valence-corrected chi connectivity index (χ3v) is 2.90. The molecule has 0 aliphatic rings. The van der Waals surface area contributed by atoms with E-state index < -0.39 is 6.67 Å². The lowest BCUT2D eigenvalue weighted by atomic mass is 10.1. The van der Waals surface area contributed by atoms with Gasteiger partial charge in [-0.1, -0.05) is 0 Å². The summed E-state index contributed by atoms with van der Waals surface area (Å²) in [4.78, 5) is 25.8. The van der Waals surface area contributed by atoms with Crippen molar-refractivity contribution < 1.29 is 9.18 Å². The third-order valence-electron chi connectivity index (χ3n) is 2.90. The molecule has 0 aliphatic carbocycles. The van der Waals surface area contributed by atoms with Gasteiger partial charge in [0.25, 0.3) is 0 Å². The molecule has 2 rings (SSSR count). The average molecular weight is 289 g/mol. The van der Waals surface area contributed by atoms with Crippen molar-refractivity contribution in [1.29, 1.82) is 0 Å². The predicted octanol–water partition coefficient (Wildman–Crippen LogP) is 2.75. The second kappa shape index (κ2) is 5.87. The van der Waals surface area contributed by atoms with Crippen LogP contribution in [0.15, 0.2) is 34.2 Å². The molecule has 0 radical (unpaired) electrons. The molecule has 1 heterocycles. The van der Waals surface area contributed by atoms with Crippen molar-refractivity contribution in [2.24, 2.45) is 5.10 Å². The van der Waals surface area contributed by atoms with E-state index >= 15 is 0 Å². The SMILES string of the molecule is CC(=O)N(N=C(C)C)c1ccc2[nH]c(=O)cc(CF)c2c1. The van der Waals surface area contributed by atoms with Gasteiger partial charge >= 0.3 is 0 Å². The van der Waals surface area contributed by atoms with Crippen LogP contribution in [0.25, 0.3) is 10.9 Å². The molecule has 5 nitrogen and oxygen atoms in total. The van der Waals surface area contributed by atoms with Crippen LogP contribution in [0.5, 0.6) is 0 Å². The Labute approximate surface area is 121 Å². The Bertz CT molecular complexity index is 776. The molecule has 110 valence electrons. The molecule has 1 amide bonds. The Morgan fingerprint density at radius 3 is 2.57 bits per heavy atom. The van der Waals surface area contributed by atoms with Gasteiger partial charge in [0.05, 0.1) is 5.69 Å². The second-order valence-electron chi connectivity index (χ2n) is 4.90. The summed E-state index contributed by atoms with van der Waals surface area (Å²) in [5.41, 5.74) is 1.71. The molecular weight excluding hydrogens is 273 g/mol. The van der Waals surface area contributed by atoms with Crippen LogP contribution >= 0.6 is 0 Å². The number of pyridine rings is 1. The molecule has 1 N–H and O–H groups in total. The zero-order chi connectivity index (χ0) is 15.6. The Kier molecular flexibility index (Phi) is 4.16. The summed E-state index contributed by atoms with van der Waals surface area (Å²) in [5.74, 6) is -0.248. The fourth-order valence-corrected chi connectivity index (χ4v) is 2.06. The summed E-state index contributed by atoms with van der Waals surface area (Å²) in [6.07, 6.45) is 0. The number of hydrazone groups is 1. The number of rotatable bonds is 3. The summed E-state index contributed by atoms with van der Waals surface area (Å²) < 4.78 is 13.1. The molecule has 0 fully saturated rings. The number of carbonyl (C=O) groups is 1. The summed E-state index contributed by atoms with van der Waals surface area (Å²) >= 11 is 0. The number of H-pyrrole nitrogens is 1. The lowest BCUT2D eigenvalue weighted by Gasteiger charge is -2.17. The van der Waals surface area contributed by atoms with Gasteiger partial charge in [0.2, 0.25) is 11.5 Å². The minimum absolute atomic E-state index is 0.248. The van der Waals surface area contributed by atoms with Crippen LogP contribution in [0.1, 0.15) is 26.3 Å². The zero-order valence-electron chi connectivity index (χ0n) is 12.1. The molecule has 0 saturated heterocycles. The number of benzene rings is 1. The van der Waals surface area contributed by atoms with Crippen LogP contribution in [0.2, 0.25) is 0 Å². The van der Waals surface area contributed by atoms with E-state index in [0.717, 1.165) is 5.71 Å². The van der Waals surface area contributed by atoms with Crippen LogP contribution in [0, 0.1) is 0 Å². The first kappa shape index (κ1) is 14.9. The quantitative estimate of drug-likeness (QED) is 0.697. The Balaban J connectivity index is 2.66. The standard InChI is InChI=1S/C15H16FN3O2/c1-9(2)18-19(10(3)20)12-4-5-14-13(7-12)11(8-16)6-15(21)17-14/h4-7H,8H2,1-3H3,(H,17,21). The maximum absolute atomic E-state index is 13.1. The molecule has 6 heteroatoms. The number of anilines is 1. The number of aromatic nitrogens is 1. The van der Waals surface area contributed by atoms with Crippen molar-refractivity contribution >= 4 is 28.2 Å². The van der Waals surface area contributed by atoms with E-state index in [1.165, 1.54) is 18.0 Å². The highest BCUT2D eigenvalue weighted by atomic mass is 19.1. The molecule has 0 unspecified atom stereocenters. The molecule has 21 heavy (non-hydrogen) atoms. The highest BCUT2D eigenvalue weighted by Gasteiger charge is 2.12. The van der Waals surface area contributed by atoms with Crippen molar-refractivity contribution in [3.63, 3.8) is 0 Å². The van der Waals surface area contributed by atoms with E-state index in [2.05, 4.69) is 10.1 Å². The number of aromatic amines is 1. The van der Waals surface area contributed by atoms with Crippen LogP contribution < -0.4 is 10.6 Å². The highest BCUT2D eigenvalue weighted by molar-refractivity contribution is 5.96. The second-order valence-corrected chi connectivity index (χ2v) is 4.90. The summed E-state index contributed by atoms with van der Waals surface area (Å²) in [5, 5.41) is 5.97. The Morgan fingerprint density at radius 2 is 2.00 bits per heavy atom. The first-order chi connectivity index (χ1) is 9.92. The summed E-state index contributed by atoms with van der Waals surface area (Å²) in [6, 6.07) is 6.17. The van der Waals surface area contributed by atoms with Gasteiger partial charge in [-0.3, -0.25) is 9.59 Å². The van der Waals surface area contributed by atoms with Gasteiger partial charge in [0.15, 0.2) is 0 Å². The van der Waals surface area contributed by atoms with Gasteiger partial charge in [0, 0.05) is 29.6 Å². The van der Waals surface area contributed by atoms with Crippen LogP contribution in [-0.4, -0.2) is 16.6 Å². The van der Waals surface area contributed by atoms with Crippen molar-refractivity contribution in [1.82, 2.24) is 4.98 Å². The predicted molar refractivity (Wildman–Crippen MR) is 81.3 cm³/mol. The normalized spacial score (nSPS) is 10.5. The average Bonchev–Trinajstić information content (AvgIpc) is 2.43. The summed E-state index contributed by atoms with van der Waals surface area (Å²) in [6.45, 7) is 4.21. The molecular formula is C15H16FN3O2. The van der Waals surface area contributed by atoms with Crippen molar-refractivity contribution in [3.8, 4) is 0 Å². The van der Waals surface area contributed by atoms with Gasteiger partial charge in [-0.15, -0.1) is 0 Å². The molecule has 0 aliphatic heterocycles. The maximum Gasteiger partial charge on any atom is 0.248 e. The minimum Gasteiger partial charge on any atom is -0.322 e. The fraction of sp³-hybridized carbons (Fsp3) is 0.267. The lowest BCUT2D eigenvalue weighted by Crippen LogP contribution is -2.23. The molecule has 0 saturated carbocycles. The van der Waals surface area contributed by atoms with Gasteiger partial charge in [0.1, 0.15) is 6.67 Å². The molecule has 0 spiro atoms. The van der Waals surface area contributed by atoms with Gasteiger partial charge in [-0.25, -0.2) is 9.40 Å². The number of fused-ring (bicyclic) bond motifs is 1. The smallest absolute Gasteiger partial charge is 0.248 e. The first-order valence-corrected chi connectivity index (χ1v) is 6.47. The zero-order valence-corrected chi connectivity index (χ0v) is 12.1. The first-order valence-electron chi connectivity index (χ1n) is 6.47. The van der Waals surface area contributed by atoms with E-state index in [9.17, 15) is 14.0 Å². The van der Waals surface area contributed by atoms with Gasteiger partial charge in [-0.2, -0.15) is 5.10 Å². The summed E-state index contributed by atoms with van der Waals surface area (Å²) in [7, 11) is 0. The van der Waals surface area contributed by atoms with Crippen molar-refractivity contribution in [2.75, 3.05) is 5.01 Å². The molecule has 1 aromatic carbocycles. The minimum atomic E-state index is -0.750. The van der Waals surface area contributed by atoms with Gasteiger partial charge < -0.3 is 4.98 Å². The number of nitrogens with one attached hydrogen (secondary N) is 1. The molecule has 0 atom stereocenters. The van der Waals surface area contributed by atoms with Crippen LogP contribution in [0.3, 0.4) is 0 Å². The molecule has 1 aromatic heterocycles. The number of alkyl halides is 1. The maximum atomic E-state index is 13.1. The number of carbonyl (C=O) groups excluding carboxylic acids is 1. The van der Waals surface area contributed by atoms with E-state index in [1.807, 2.05) is 0 Å². The van der Waals surface area contributed by atoms with Crippen LogP contribution in [-0.2, 0) is 11.5 Å². The third kappa shape index (κ3) is 3.16. The largest absolute Gasteiger partial charge is 0.322 e. The highest BCUT2D eigenvalue weighted by Crippen LogP contribution is 2.24.